The molecular weight excluding hydrogens is 178 g/mol. The molecule has 1 fully saturated rings. The zero-order chi connectivity index (χ0) is 11.0. The van der Waals surface area contributed by atoms with Gasteiger partial charge in [0.05, 0.1) is 0 Å². The molecule has 0 aromatic rings. The third kappa shape index (κ3) is 2.27. The van der Waals surface area contributed by atoms with Gasteiger partial charge in [0.1, 0.15) is 11.1 Å². The van der Waals surface area contributed by atoms with Crippen molar-refractivity contribution >= 4 is 5.97 Å². The van der Waals surface area contributed by atoms with Crippen LogP contribution < -0.4 is 5.73 Å². The summed E-state index contributed by atoms with van der Waals surface area (Å²) in [6, 6.07) is 0. The van der Waals surface area contributed by atoms with E-state index in [2.05, 4.69) is 5.92 Å². The fourth-order valence-electron chi connectivity index (χ4n) is 1.48. The molecule has 0 aromatic carbocycles. The largest absolute Gasteiger partial charge is 0.459 e. The van der Waals surface area contributed by atoms with Gasteiger partial charge in [-0.15, -0.1) is 12.3 Å². The highest BCUT2D eigenvalue weighted by Gasteiger charge is 2.48. The van der Waals surface area contributed by atoms with Crippen molar-refractivity contribution < 1.29 is 9.53 Å². The molecule has 0 bridgehead atoms. The van der Waals surface area contributed by atoms with Crippen LogP contribution in [-0.2, 0) is 9.53 Å². The zero-order valence-electron chi connectivity index (χ0n) is 8.96. The van der Waals surface area contributed by atoms with Crippen molar-refractivity contribution in [2.24, 2.45) is 11.7 Å². The second kappa shape index (κ2) is 3.29. The number of carbonyl (C=O) groups is 1. The summed E-state index contributed by atoms with van der Waals surface area (Å²) >= 11 is 0. The highest BCUT2D eigenvalue weighted by atomic mass is 16.6. The summed E-state index contributed by atoms with van der Waals surface area (Å²) in [5.41, 5.74) is 4.52. The molecule has 3 nitrogen and oxygen atoms in total. The number of rotatable bonds is 1. The van der Waals surface area contributed by atoms with E-state index in [0.29, 0.717) is 12.8 Å². The van der Waals surface area contributed by atoms with Crippen molar-refractivity contribution in [1.29, 1.82) is 0 Å². The van der Waals surface area contributed by atoms with E-state index < -0.39 is 11.1 Å². The zero-order valence-corrected chi connectivity index (χ0v) is 8.96. The molecule has 0 saturated heterocycles. The predicted molar refractivity (Wildman–Crippen MR) is 54.3 cm³/mol. The van der Waals surface area contributed by atoms with Crippen LogP contribution >= 0.6 is 0 Å². The summed E-state index contributed by atoms with van der Waals surface area (Å²) in [6.45, 7) is 5.47. The minimum absolute atomic E-state index is 0.132. The summed E-state index contributed by atoms with van der Waals surface area (Å²) in [5.74, 6) is 2.38. The van der Waals surface area contributed by atoms with E-state index in [4.69, 9.17) is 16.9 Å². The number of esters is 1. The number of hydrogen-bond acceptors (Lipinski definition) is 3. The quantitative estimate of drug-likeness (QED) is 0.503. The predicted octanol–water partition coefficient (Wildman–Crippen LogP) is 1.07. The van der Waals surface area contributed by atoms with Gasteiger partial charge in [0.2, 0.25) is 0 Å². The van der Waals surface area contributed by atoms with E-state index in [1.165, 1.54) is 0 Å². The van der Waals surface area contributed by atoms with Crippen LogP contribution in [0.4, 0.5) is 0 Å². The van der Waals surface area contributed by atoms with Gasteiger partial charge in [-0.3, -0.25) is 4.79 Å². The van der Waals surface area contributed by atoms with Crippen molar-refractivity contribution in [3.63, 3.8) is 0 Å². The average Bonchev–Trinajstić information content (AvgIpc) is 1.94. The van der Waals surface area contributed by atoms with E-state index in [9.17, 15) is 4.79 Å². The molecular formula is C11H17NO2. The Bertz CT molecular complexity index is 277. The SMILES string of the molecule is C#CC1CC(N)(C(=O)OC(C)(C)C)C1. The Morgan fingerprint density at radius 3 is 2.43 bits per heavy atom. The van der Waals surface area contributed by atoms with Crippen molar-refractivity contribution in [3.05, 3.63) is 0 Å². The number of hydrogen-bond donors (Lipinski definition) is 1. The van der Waals surface area contributed by atoms with Gasteiger partial charge in [0, 0.05) is 5.92 Å². The molecule has 0 amide bonds. The molecule has 14 heavy (non-hydrogen) atoms. The minimum atomic E-state index is -0.843. The maximum absolute atomic E-state index is 11.6. The van der Waals surface area contributed by atoms with Crippen molar-refractivity contribution in [2.45, 2.75) is 44.8 Å². The van der Waals surface area contributed by atoms with Gasteiger partial charge in [0.15, 0.2) is 0 Å². The van der Waals surface area contributed by atoms with Crippen LogP contribution in [0.3, 0.4) is 0 Å². The second-order valence-corrected chi connectivity index (χ2v) is 4.93. The van der Waals surface area contributed by atoms with Gasteiger partial charge >= 0.3 is 5.97 Å². The summed E-state index contributed by atoms with van der Waals surface area (Å²) in [4.78, 5) is 11.6. The van der Waals surface area contributed by atoms with Gasteiger partial charge in [-0.05, 0) is 33.6 Å². The molecule has 2 N–H and O–H groups in total. The lowest BCUT2D eigenvalue weighted by Gasteiger charge is -2.41. The molecule has 0 aliphatic heterocycles. The van der Waals surface area contributed by atoms with Crippen molar-refractivity contribution in [1.82, 2.24) is 0 Å². The topological polar surface area (TPSA) is 52.3 Å². The molecule has 1 saturated carbocycles. The van der Waals surface area contributed by atoms with Gasteiger partial charge < -0.3 is 10.5 Å². The summed E-state index contributed by atoms with van der Waals surface area (Å²) in [6.07, 6.45) is 6.30. The summed E-state index contributed by atoms with van der Waals surface area (Å²) in [7, 11) is 0. The second-order valence-electron chi connectivity index (χ2n) is 4.93. The van der Waals surface area contributed by atoms with Crippen LogP contribution in [0, 0.1) is 18.3 Å². The normalized spacial score (nSPS) is 31.5. The number of carbonyl (C=O) groups excluding carboxylic acids is 1. The fraction of sp³-hybridized carbons (Fsp3) is 0.727. The Morgan fingerprint density at radius 1 is 1.57 bits per heavy atom. The van der Waals surface area contributed by atoms with Crippen LogP contribution in [0.2, 0.25) is 0 Å². The fourth-order valence-corrected chi connectivity index (χ4v) is 1.48. The van der Waals surface area contributed by atoms with Crippen LogP contribution in [0.5, 0.6) is 0 Å². The molecule has 1 rings (SSSR count). The van der Waals surface area contributed by atoms with E-state index >= 15 is 0 Å². The Morgan fingerprint density at radius 2 is 2.07 bits per heavy atom. The highest BCUT2D eigenvalue weighted by molar-refractivity contribution is 5.82. The third-order valence-electron chi connectivity index (χ3n) is 2.26. The minimum Gasteiger partial charge on any atom is -0.459 e. The lowest BCUT2D eigenvalue weighted by Crippen LogP contribution is -2.59. The number of nitrogens with two attached hydrogens (primary N) is 1. The highest BCUT2D eigenvalue weighted by Crippen LogP contribution is 2.36. The molecule has 1 aliphatic carbocycles. The molecule has 0 atom stereocenters. The van der Waals surface area contributed by atoms with E-state index in [1.54, 1.807) is 0 Å². The van der Waals surface area contributed by atoms with Gasteiger partial charge in [0.25, 0.3) is 0 Å². The molecule has 0 unspecified atom stereocenters. The molecule has 0 aromatic heterocycles. The van der Waals surface area contributed by atoms with E-state index in [-0.39, 0.29) is 11.9 Å². The van der Waals surface area contributed by atoms with Crippen LogP contribution in [-0.4, -0.2) is 17.1 Å². The van der Waals surface area contributed by atoms with Gasteiger partial charge in [-0.2, -0.15) is 0 Å². The van der Waals surface area contributed by atoms with Gasteiger partial charge in [-0.25, -0.2) is 0 Å². The molecule has 78 valence electrons. The molecule has 0 radical (unpaired) electrons. The Balaban J connectivity index is 2.52. The standard InChI is InChI=1S/C11H17NO2/c1-5-8-6-11(12,7-8)9(13)14-10(2,3)4/h1,8H,6-7,12H2,2-4H3. The summed E-state index contributed by atoms with van der Waals surface area (Å²) in [5, 5.41) is 0. The first kappa shape index (κ1) is 11.1. The maximum Gasteiger partial charge on any atom is 0.326 e. The lowest BCUT2D eigenvalue weighted by atomic mass is 9.69. The first-order chi connectivity index (χ1) is 6.27. The number of ether oxygens (including phenoxy) is 1. The Kier molecular flexibility index (Phi) is 2.60. The van der Waals surface area contributed by atoms with Crippen LogP contribution in [0.1, 0.15) is 33.6 Å². The van der Waals surface area contributed by atoms with Crippen LogP contribution in [0.15, 0.2) is 0 Å². The Labute approximate surface area is 85.0 Å². The smallest absolute Gasteiger partial charge is 0.326 e. The first-order valence-corrected chi connectivity index (χ1v) is 4.75. The molecule has 0 spiro atoms. The average molecular weight is 195 g/mol. The third-order valence-corrected chi connectivity index (χ3v) is 2.26. The van der Waals surface area contributed by atoms with Crippen LogP contribution in [0.25, 0.3) is 0 Å². The molecule has 3 heteroatoms. The monoisotopic (exact) mass is 195 g/mol. The van der Waals surface area contributed by atoms with Crippen molar-refractivity contribution in [2.75, 3.05) is 0 Å². The maximum atomic E-state index is 11.6. The Hall–Kier alpha value is -1.01. The first-order valence-electron chi connectivity index (χ1n) is 4.75. The molecule has 1 aliphatic rings. The summed E-state index contributed by atoms with van der Waals surface area (Å²) < 4.78 is 5.20. The van der Waals surface area contributed by atoms with E-state index in [1.807, 2.05) is 20.8 Å². The number of terminal acetylenes is 1. The van der Waals surface area contributed by atoms with E-state index in [0.717, 1.165) is 0 Å². The lowest BCUT2D eigenvalue weighted by molar-refractivity contribution is -0.166. The van der Waals surface area contributed by atoms with Crippen molar-refractivity contribution in [3.8, 4) is 12.3 Å². The molecule has 0 heterocycles. The van der Waals surface area contributed by atoms with Gasteiger partial charge in [-0.1, -0.05) is 0 Å².